The molecule has 5 nitrogen and oxygen atoms in total. The summed E-state index contributed by atoms with van der Waals surface area (Å²) in [6, 6.07) is 8.03. The molecule has 100 valence electrons. The summed E-state index contributed by atoms with van der Waals surface area (Å²) < 4.78 is 15.2. The van der Waals surface area contributed by atoms with E-state index in [1.807, 2.05) is 0 Å². The van der Waals surface area contributed by atoms with Crippen molar-refractivity contribution >= 4 is 11.6 Å². The lowest BCUT2D eigenvalue weighted by Gasteiger charge is -2.01. The lowest BCUT2D eigenvalue weighted by Crippen LogP contribution is -2.05. The Hall–Kier alpha value is -2.76. The number of imidazole rings is 1. The molecule has 0 bridgehead atoms. The first-order valence-corrected chi connectivity index (χ1v) is 5.95. The molecule has 0 unspecified atom stereocenters. The molecular formula is C14H10FN3O2. The number of fused-ring (bicyclic) bond motifs is 1. The predicted molar refractivity (Wildman–Crippen MR) is 69.7 cm³/mol. The van der Waals surface area contributed by atoms with Gasteiger partial charge < -0.3 is 9.51 Å². The zero-order chi connectivity index (χ0) is 14.1. The van der Waals surface area contributed by atoms with E-state index in [0.29, 0.717) is 17.1 Å². The van der Waals surface area contributed by atoms with E-state index in [2.05, 4.69) is 9.97 Å². The number of nitrogens with zero attached hydrogens (tertiary/aromatic N) is 3. The van der Waals surface area contributed by atoms with Gasteiger partial charge in [0, 0.05) is 12.4 Å². The van der Waals surface area contributed by atoms with Crippen LogP contribution in [0, 0.1) is 5.82 Å². The van der Waals surface area contributed by atoms with Crippen LogP contribution >= 0.6 is 0 Å². The van der Waals surface area contributed by atoms with Crippen LogP contribution in [-0.4, -0.2) is 25.4 Å². The third-order valence-corrected chi connectivity index (χ3v) is 2.93. The van der Waals surface area contributed by atoms with Gasteiger partial charge in [-0.05, 0) is 24.3 Å². The number of aromatic nitrogens is 3. The van der Waals surface area contributed by atoms with Crippen molar-refractivity contribution in [2.75, 3.05) is 0 Å². The molecule has 3 aromatic heterocycles. The maximum atomic E-state index is 13.8. The number of hydrogen-bond acceptors (Lipinski definition) is 3. The number of carboxylic acid groups (broad SMARTS) is 1. The normalized spacial score (nSPS) is 10.8. The summed E-state index contributed by atoms with van der Waals surface area (Å²) in [6.07, 6.45) is 2.92. The van der Waals surface area contributed by atoms with Crippen LogP contribution in [-0.2, 0) is 11.2 Å². The summed E-state index contributed by atoms with van der Waals surface area (Å²) in [7, 11) is 0. The minimum Gasteiger partial charge on any atom is -0.481 e. The average molecular weight is 271 g/mol. The maximum Gasteiger partial charge on any atom is 0.309 e. The summed E-state index contributed by atoms with van der Waals surface area (Å²) in [4.78, 5) is 19.4. The van der Waals surface area contributed by atoms with Gasteiger partial charge in [-0.25, -0.2) is 9.37 Å². The van der Waals surface area contributed by atoms with Gasteiger partial charge in [-0.3, -0.25) is 9.78 Å². The minimum atomic E-state index is -1.01. The Labute approximate surface area is 113 Å². The fraction of sp³-hybridized carbons (Fsp3) is 0.0714. The quantitative estimate of drug-likeness (QED) is 0.792. The summed E-state index contributed by atoms with van der Waals surface area (Å²) in [5.74, 6) is -1.51. The summed E-state index contributed by atoms with van der Waals surface area (Å²) >= 11 is 0. The van der Waals surface area contributed by atoms with Crippen LogP contribution in [0.25, 0.3) is 17.0 Å². The summed E-state index contributed by atoms with van der Waals surface area (Å²) in [6.45, 7) is 0. The third-order valence-electron chi connectivity index (χ3n) is 2.93. The number of aliphatic carboxylic acids is 1. The molecule has 0 aromatic carbocycles. The van der Waals surface area contributed by atoms with E-state index in [-0.39, 0.29) is 12.1 Å². The van der Waals surface area contributed by atoms with Gasteiger partial charge in [0.1, 0.15) is 5.69 Å². The van der Waals surface area contributed by atoms with Crippen molar-refractivity contribution in [2.45, 2.75) is 6.42 Å². The van der Waals surface area contributed by atoms with Gasteiger partial charge in [0.15, 0.2) is 11.5 Å². The molecule has 0 aliphatic rings. The summed E-state index contributed by atoms with van der Waals surface area (Å²) in [5, 5.41) is 9.03. The van der Waals surface area contributed by atoms with Gasteiger partial charge in [0.25, 0.3) is 0 Å². The van der Waals surface area contributed by atoms with Crippen LogP contribution in [0.2, 0.25) is 0 Å². The summed E-state index contributed by atoms with van der Waals surface area (Å²) in [5.41, 5.74) is 1.42. The first-order chi connectivity index (χ1) is 9.66. The number of carboxylic acids is 1. The largest absolute Gasteiger partial charge is 0.481 e. The first-order valence-electron chi connectivity index (χ1n) is 5.95. The van der Waals surface area contributed by atoms with Crippen LogP contribution in [0.4, 0.5) is 4.39 Å². The molecule has 3 rings (SSSR count). The highest BCUT2D eigenvalue weighted by Crippen LogP contribution is 2.24. The highest BCUT2D eigenvalue weighted by Gasteiger charge is 2.18. The molecule has 1 N–H and O–H groups in total. The fourth-order valence-corrected chi connectivity index (χ4v) is 2.10. The lowest BCUT2D eigenvalue weighted by molar-refractivity contribution is -0.136. The molecule has 0 aliphatic heterocycles. The standard InChI is InChI=1S/C14H10FN3O2/c15-9-4-3-7-18-11(8-12(19)20)13(17-14(9)18)10-5-1-2-6-16-10/h1-7H,8H2,(H,19,20). The molecule has 0 spiro atoms. The van der Waals surface area contributed by atoms with E-state index in [9.17, 15) is 9.18 Å². The Kier molecular flexibility index (Phi) is 2.90. The second kappa shape index (κ2) is 4.73. The van der Waals surface area contributed by atoms with Crippen molar-refractivity contribution in [3.63, 3.8) is 0 Å². The second-order valence-electron chi connectivity index (χ2n) is 4.24. The van der Waals surface area contributed by atoms with Gasteiger partial charge in [-0.2, -0.15) is 0 Å². The van der Waals surface area contributed by atoms with E-state index in [1.165, 1.54) is 16.5 Å². The topological polar surface area (TPSA) is 67.5 Å². The highest BCUT2D eigenvalue weighted by molar-refractivity contribution is 5.75. The average Bonchev–Trinajstić information content (AvgIpc) is 2.80. The number of hydrogen-bond donors (Lipinski definition) is 1. The van der Waals surface area contributed by atoms with Gasteiger partial charge in [-0.1, -0.05) is 6.07 Å². The van der Waals surface area contributed by atoms with Crippen LogP contribution in [0.15, 0.2) is 42.7 Å². The number of halogens is 1. The third kappa shape index (κ3) is 2.01. The van der Waals surface area contributed by atoms with Crippen molar-refractivity contribution in [2.24, 2.45) is 0 Å². The molecule has 3 heterocycles. The van der Waals surface area contributed by atoms with E-state index in [1.54, 1.807) is 30.6 Å². The SMILES string of the molecule is O=C(O)Cc1c(-c2ccccn2)nc2c(F)cccn12. The molecule has 0 radical (unpaired) electrons. The van der Waals surface area contributed by atoms with E-state index < -0.39 is 11.8 Å². The zero-order valence-electron chi connectivity index (χ0n) is 10.3. The van der Waals surface area contributed by atoms with Crippen molar-refractivity contribution in [3.8, 4) is 11.4 Å². The molecule has 6 heteroatoms. The molecule has 0 fully saturated rings. The van der Waals surface area contributed by atoms with Gasteiger partial charge in [-0.15, -0.1) is 0 Å². The van der Waals surface area contributed by atoms with Crippen LogP contribution in [0.5, 0.6) is 0 Å². The smallest absolute Gasteiger partial charge is 0.309 e. The molecular weight excluding hydrogens is 261 g/mol. The Morgan fingerprint density at radius 1 is 1.30 bits per heavy atom. The van der Waals surface area contributed by atoms with Gasteiger partial charge >= 0.3 is 5.97 Å². The number of carbonyl (C=O) groups is 1. The Morgan fingerprint density at radius 3 is 2.85 bits per heavy atom. The highest BCUT2D eigenvalue weighted by atomic mass is 19.1. The van der Waals surface area contributed by atoms with Crippen LogP contribution in [0.3, 0.4) is 0 Å². The predicted octanol–water partition coefficient (Wildman–Crippen LogP) is 2.16. The van der Waals surface area contributed by atoms with Crippen molar-refractivity contribution in [3.05, 3.63) is 54.2 Å². The van der Waals surface area contributed by atoms with E-state index >= 15 is 0 Å². The van der Waals surface area contributed by atoms with Crippen LogP contribution in [0.1, 0.15) is 5.69 Å². The molecule has 20 heavy (non-hydrogen) atoms. The monoisotopic (exact) mass is 271 g/mol. The van der Waals surface area contributed by atoms with E-state index in [0.717, 1.165) is 0 Å². The maximum absolute atomic E-state index is 13.8. The van der Waals surface area contributed by atoms with Crippen LogP contribution < -0.4 is 0 Å². The zero-order valence-corrected chi connectivity index (χ0v) is 10.3. The Morgan fingerprint density at radius 2 is 2.15 bits per heavy atom. The second-order valence-corrected chi connectivity index (χ2v) is 4.24. The minimum absolute atomic E-state index is 0.101. The number of pyridine rings is 2. The van der Waals surface area contributed by atoms with E-state index in [4.69, 9.17) is 5.11 Å². The molecule has 0 saturated heterocycles. The fourth-order valence-electron chi connectivity index (χ4n) is 2.10. The number of rotatable bonds is 3. The van der Waals surface area contributed by atoms with Crippen molar-refractivity contribution in [1.82, 2.24) is 14.4 Å². The van der Waals surface area contributed by atoms with Crippen molar-refractivity contribution in [1.29, 1.82) is 0 Å². The molecule has 0 aliphatic carbocycles. The lowest BCUT2D eigenvalue weighted by atomic mass is 10.2. The molecule has 0 amide bonds. The Bertz CT molecular complexity index is 784. The molecule has 0 saturated carbocycles. The first kappa shape index (κ1) is 12.3. The molecule has 0 atom stereocenters. The van der Waals surface area contributed by atoms with Gasteiger partial charge in [0.05, 0.1) is 17.8 Å². The van der Waals surface area contributed by atoms with Gasteiger partial charge in [0.2, 0.25) is 0 Å². The molecule has 3 aromatic rings. The Balaban J connectivity index is 2.30. The van der Waals surface area contributed by atoms with Crippen molar-refractivity contribution < 1.29 is 14.3 Å².